The second kappa shape index (κ2) is 4.98. The van der Waals surface area contributed by atoms with Crippen LogP contribution in [0, 0.1) is 6.92 Å². The number of nitrogens with two attached hydrogens (primary N) is 1. The second-order valence-corrected chi connectivity index (χ2v) is 5.11. The number of rotatable bonds is 2. The molecule has 0 saturated carbocycles. The summed E-state index contributed by atoms with van der Waals surface area (Å²) in [6, 6.07) is 11.5. The first-order chi connectivity index (χ1) is 8.06. The standard InChI is InChI=1S/C13H12BrClN2/c1-8-2-4-10(7-12(8)16)17-13-6-9(15)3-5-11(13)14/h2-7,17H,16H2,1H3. The highest BCUT2D eigenvalue weighted by molar-refractivity contribution is 9.10. The Labute approximate surface area is 114 Å². The van der Waals surface area contributed by atoms with E-state index in [4.69, 9.17) is 17.3 Å². The van der Waals surface area contributed by atoms with Crippen molar-refractivity contribution < 1.29 is 0 Å². The molecular formula is C13H12BrClN2. The highest BCUT2D eigenvalue weighted by Crippen LogP contribution is 2.29. The zero-order valence-electron chi connectivity index (χ0n) is 9.30. The molecule has 3 N–H and O–H groups in total. The molecule has 0 aliphatic carbocycles. The van der Waals surface area contributed by atoms with E-state index in [1.54, 1.807) is 0 Å². The molecule has 4 heteroatoms. The van der Waals surface area contributed by atoms with Gasteiger partial charge in [-0.05, 0) is 58.7 Å². The van der Waals surface area contributed by atoms with Gasteiger partial charge in [0.25, 0.3) is 0 Å². The van der Waals surface area contributed by atoms with Crippen molar-refractivity contribution in [2.24, 2.45) is 0 Å². The van der Waals surface area contributed by atoms with Crippen molar-refractivity contribution >= 4 is 44.6 Å². The molecule has 0 aliphatic rings. The molecule has 0 bridgehead atoms. The number of hydrogen-bond donors (Lipinski definition) is 2. The minimum Gasteiger partial charge on any atom is -0.398 e. The van der Waals surface area contributed by atoms with Gasteiger partial charge >= 0.3 is 0 Å². The molecule has 0 heterocycles. The van der Waals surface area contributed by atoms with Crippen LogP contribution in [0.2, 0.25) is 5.02 Å². The van der Waals surface area contributed by atoms with Crippen LogP contribution >= 0.6 is 27.5 Å². The van der Waals surface area contributed by atoms with Gasteiger partial charge in [0.1, 0.15) is 0 Å². The van der Waals surface area contributed by atoms with E-state index in [9.17, 15) is 0 Å². The van der Waals surface area contributed by atoms with Crippen LogP contribution in [0.25, 0.3) is 0 Å². The van der Waals surface area contributed by atoms with E-state index >= 15 is 0 Å². The summed E-state index contributed by atoms with van der Waals surface area (Å²) < 4.78 is 0.959. The Kier molecular flexibility index (Phi) is 3.60. The van der Waals surface area contributed by atoms with Gasteiger partial charge in [0.05, 0.1) is 5.69 Å². The summed E-state index contributed by atoms with van der Waals surface area (Å²) in [5.74, 6) is 0. The monoisotopic (exact) mass is 310 g/mol. The molecule has 88 valence electrons. The SMILES string of the molecule is Cc1ccc(Nc2cc(Cl)ccc2Br)cc1N. The Bertz CT molecular complexity index is 555. The van der Waals surface area contributed by atoms with Gasteiger partial charge < -0.3 is 11.1 Å². The van der Waals surface area contributed by atoms with E-state index in [1.807, 2.05) is 43.3 Å². The van der Waals surface area contributed by atoms with Crippen molar-refractivity contribution in [2.45, 2.75) is 6.92 Å². The van der Waals surface area contributed by atoms with Gasteiger partial charge in [0.2, 0.25) is 0 Å². The quantitative estimate of drug-likeness (QED) is 0.786. The Morgan fingerprint density at radius 3 is 2.65 bits per heavy atom. The minimum absolute atomic E-state index is 0.691. The van der Waals surface area contributed by atoms with Gasteiger partial charge in [0, 0.05) is 20.9 Å². The molecule has 0 radical (unpaired) electrons. The molecule has 2 nitrogen and oxygen atoms in total. The average Bonchev–Trinajstić information content (AvgIpc) is 2.29. The molecule has 0 aliphatic heterocycles. The van der Waals surface area contributed by atoms with E-state index < -0.39 is 0 Å². The first kappa shape index (κ1) is 12.3. The van der Waals surface area contributed by atoms with Crippen molar-refractivity contribution in [3.8, 4) is 0 Å². The molecule has 0 atom stereocenters. The highest BCUT2D eigenvalue weighted by Gasteiger charge is 2.02. The van der Waals surface area contributed by atoms with E-state index in [2.05, 4.69) is 21.2 Å². The number of nitrogen functional groups attached to an aromatic ring is 1. The summed E-state index contributed by atoms with van der Waals surface area (Å²) >= 11 is 9.42. The first-order valence-corrected chi connectivity index (χ1v) is 6.31. The van der Waals surface area contributed by atoms with Gasteiger partial charge in [-0.2, -0.15) is 0 Å². The lowest BCUT2D eigenvalue weighted by molar-refractivity contribution is 1.45. The van der Waals surface area contributed by atoms with Crippen LogP contribution in [0.1, 0.15) is 5.56 Å². The predicted octanol–water partition coefficient (Wildman–Crippen LogP) is 4.74. The van der Waals surface area contributed by atoms with Gasteiger partial charge in [-0.1, -0.05) is 17.7 Å². The number of aryl methyl sites for hydroxylation is 1. The van der Waals surface area contributed by atoms with Crippen molar-refractivity contribution in [3.05, 3.63) is 51.5 Å². The normalized spacial score (nSPS) is 10.3. The molecule has 0 amide bonds. The third-order valence-electron chi connectivity index (χ3n) is 2.49. The highest BCUT2D eigenvalue weighted by atomic mass is 79.9. The lowest BCUT2D eigenvalue weighted by Gasteiger charge is -2.10. The fourth-order valence-electron chi connectivity index (χ4n) is 1.47. The van der Waals surface area contributed by atoms with Crippen LogP contribution in [0.15, 0.2) is 40.9 Å². The topological polar surface area (TPSA) is 38.0 Å². The van der Waals surface area contributed by atoms with Crippen molar-refractivity contribution in [1.82, 2.24) is 0 Å². The van der Waals surface area contributed by atoms with E-state index in [-0.39, 0.29) is 0 Å². The number of benzene rings is 2. The molecule has 0 fully saturated rings. The minimum atomic E-state index is 0.691. The number of hydrogen-bond acceptors (Lipinski definition) is 2. The molecule has 2 aromatic carbocycles. The Hall–Kier alpha value is -1.19. The summed E-state index contributed by atoms with van der Waals surface area (Å²) in [6.07, 6.45) is 0. The summed E-state index contributed by atoms with van der Waals surface area (Å²) in [4.78, 5) is 0. The Morgan fingerprint density at radius 1 is 1.18 bits per heavy atom. The van der Waals surface area contributed by atoms with E-state index in [1.165, 1.54) is 0 Å². The molecule has 2 rings (SSSR count). The van der Waals surface area contributed by atoms with Gasteiger partial charge in [-0.3, -0.25) is 0 Å². The number of halogens is 2. The summed E-state index contributed by atoms with van der Waals surface area (Å²) in [6.45, 7) is 1.98. The van der Waals surface area contributed by atoms with E-state index in [0.717, 1.165) is 27.1 Å². The Balaban J connectivity index is 2.31. The van der Waals surface area contributed by atoms with E-state index in [0.29, 0.717) is 5.02 Å². The smallest absolute Gasteiger partial charge is 0.0543 e. The molecule has 0 unspecified atom stereocenters. The maximum Gasteiger partial charge on any atom is 0.0543 e. The molecule has 2 aromatic rings. The number of anilines is 3. The lowest BCUT2D eigenvalue weighted by atomic mass is 10.2. The second-order valence-electron chi connectivity index (χ2n) is 3.82. The third kappa shape index (κ3) is 2.93. The Morgan fingerprint density at radius 2 is 1.94 bits per heavy atom. The molecule has 17 heavy (non-hydrogen) atoms. The van der Waals surface area contributed by atoms with Crippen LogP contribution in [0.4, 0.5) is 17.1 Å². The van der Waals surface area contributed by atoms with Crippen molar-refractivity contribution in [1.29, 1.82) is 0 Å². The van der Waals surface area contributed by atoms with Crippen molar-refractivity contribution in [2.75, 3.05) is 11.1 Å². The zero-order valence-corrected chi connectivity index (χ0v) is 11.6. The fraction of sp³-hybridized carbons (Fsp3) is 0.0769. The lowest BCUT2D eigenvalue weighted by Crippen LogP contribution is -1.95. The zero-order chi connectivity index (χ0) is 12.4. The molecule has 0 aromatic heterocycles. The summed E-state index contributed by atoms with van der Waals surface area (Å²) in [7, 11) is 0. The molecule has 0 saturated heterocycles. The van der Waals surface area contributed by atoms with Gasteiger partial charge in [-0.15, -0.1) is 0 Å². The largest absolute Gasteiger partial charge is 0.398 e. The van der Waals surface area contributed by atoms with Crippen molar-refractivity contribution in [3.63, 3.8) is 0 Å². The predicted molar refractivity (Wildman–Crippen MR) is 78.0 cm³/mol. The van der Waals surface area contributed by atoms with Crippen LogP contribution in [0.5, 0.6) is 0 Å². The van der Waals surface area contributed by atoms with Crippen LogP contribution in [0.3, 0.4) is 0 Å². The first-order valence-electron chi connectivity index (χ1n) is 5.14. The average molecular weight is 312 g/mol. The van der Waals surface area contributed by atoms with Crippen LogP contribution in [-0.4, -0.2) is 0 Å². The molecule has 0 spiro atoms. The third-order valence-corrected chi connectivity index (χ3v) is 3.41. The number of nitrogens with one attached hydrogen (secondary N) is 1. The van der Waals surface area contributed by atoms with Crippen LogP contribution in [-0.2, 0) is 0 Å². The maximum atomic E-state index is 5.95. The van der Waals surface area contributed by atoms with Gasteiger partial charge in [0.15, 0.2) is 0 Å². The van der Waals surface area contributed by atoms with Crippen LogP contribution < -0.4 is 11.1 Å². The maximum absolute atomic E-state index is 5.95. The molecular weight excluding hydrogens is 300 g/mol. The summed E-state index contributed by atoms with van der Waals surface area (Å²) in [5, 5.41) is 3.96. The summed E-state index contributed by atoms with van der Waals surface area (Å²) in [5.41, 5.74) is 9.56. The fourth-order valence-corrected chi connectivity index (χ4v) is 1.98. The van der Waals surface area contributed by atoms with Gasteiger partial charge in [-0.25, -0.2) is 0 Å².